The summed E-state index contributed by atoms with van der Waals surface area (Å²) in [6, 6.07) is 4.36. The van der Waals surface area contributed by atoms with E-state index in [1.165, 1.54) is 6.07 Å². The van der Waals surface area contributed by atoms with Crippen LogP contribution in [0.2, 0.25) is 0 Å². The minimum Gasteiger partial charge on any atom is -0.508 e. The van der Waals surface area contributed by atoms with Crippen molar-refractivity contribution in [2.45, 2.75) is 20.4 Å². The summed E-state index contributed by atoms with van der Waals surface area (Å²) in [6.45, 7) is 4.89. The number of aromatic hydroxyl groups is 2. The van der Waals surface area contributed by atoms with Crippen LogP contribution in [-0.4, -0.2) is 25.0 Å². The minimum absolute atomic E-state index is 0.00462. The van der Waals surface area contributed by atoms with Crippen LogP contribution in [0.3, 0.4) is 0 Å². The van der Waals surface area contributed by atoms with Gasteiger partial charge < -0.3 is 10.2 Å². The van der Waals surface area contributed by atoms with Crippen molar-refractivity contribution < 1.29 is 10.2 Å². The van der Waals surface area contributed by atoms with Gasteiger partial charge in [-0.25, -0.2) is 0 Å². The van der Waals surface area contributed by atoms with Gasteiger partial charge in [0, 0.05) is 18.2 Å². The van der Waals surface area contributed by atoms with Crippen molar-refractivity contribution in [3.8, 4) is 22.9 Å². The van der Waals surface area contributed by atoms with E-state index in [4.69, 9.17) is 12.2 Å². The molecule has 3 N–H and O–H groups in total. The fraction of sp³-hybridized carbons (Fsp3) is 0.333. The molecule has 0 aliphatic heterocycles. The molecule has 0 saturated carbocycles. The molecular formula is C12H15N3O2S. The van der Waals surface area contributed by atoms with Crippen molar-refractivity contribution >= 4 is 12.2 Å². The van der Waals surface area contributed by atoms with E-state index >= 15 is 0 Å². The van der Waals surface area contributed by atoms with Crippen LogP contribution >= 0.6 is 12.2 Å². The molecule has 0 atom stereocenters. The number of benzene rings is 1. The third-order valence-electron chi connectivity index (χ3n) is 2.47. The minimum atomic E-state index is -0.00462. The van der Waals surface area contributed by atoms with E-state index in [2.05, 4.69) is 24.0 Å². The molecule has 0 unspecified atom stereocenters. The summed E-state index contributed by atoms with van der Waals surface area (Å²) in [5.74, 6) is 1.02. The number of phenolic OH excluding ortho intramolecular Hbond substituents is 2. The Hall–Kier alpha value is -1.82. The van der Waals surface area contributed by atoms with Gasteiger partial charge in [-0.1, -0.05) is 13.8 Å². The maximum Gasteiger partial charge on any atom is 0.195 e. The average Bonchev–Trinajstić information content (AvgIpc) is 2.58. The Labute approximate surface area is 110 Å². The predicted molar refractivity (Wildman–Crippen MR) is 71.0 cm³/mol. The SMILES string of the molecule is CC(C)Cn1c(-c2cc(O)cc(O)c2)n[nH]c1=S. The fourth-order valence-corrected chi connectivity index (χ4v) is 2.00. The third kappa shape index (κ3) is 2.53. The summed E-state index contributed by atoms with van der Waals surface area (Å²) >= 11 is 5.18. The molecular weight excluding hydrogens is 250 g/mol. The second kappa shape index (κ2) is 4.81. The summed E-state index contributed by atoms with van der Waals surface area (Å²) in [5, 5.41) is 25.9. The highest BCUT2D eigenvalue weighted by Gasteiger charge is 2.11. The van der Waals surface area contributed by atoms with Gasteiger partial charge in [-0.15, -0.1) is 0 Å². The second-order valence-electron chi connectivity index (χ2n) is 4.59. The van der Waals surface area contributed by atoms with Crippen LogP contribution in [0.5, 0.6) is 11.5 Å². The van der Waals surface area contributed by atoms with Gasteiger partial charge in [0.15, 0.2) is 10.6 Å². The number of aromatic nitrogens is 3. The average molecular weight is 265 g/mol. The predicted octanol–water partition coefficient (Wildman–Crippen LogP) is 2.67. The van der Waals surface area contributed by atoms with E-state index in [1.54, 1.807) is 12.1 Å². The number of rotatable bonds is 3. The molecule has 1 aromatic carbocycles. The summed E-state index contributed by atoms with van der Waals surface area (Å²) in [6.07, 6.45) is 0. The van der Waals surface area contributed by atoms with Crippen LogP contribution in [0, 0.1) is 10.7 Å². The van der Waals surface area contributed by atoms with Gasteiger partial charge in [0.05, 0.1) is 0 Å². The Morgan fingerprint density at radius 3 is 2.44 bits per heavy atom. The third-order valence-corrected chi connectivity index (χ3v) is 2.78. The van der Waals surface area contributed by atoms with Crippen LogP contribution in [0.25, 0.3) is 11.4 Å². The van der Waals surface area contributed by atoms with E-state index in [0.29, 0.717) is 22.1 Å². The number of aromatic amines is 1. The quantitative estimate of drug-likeness (QED) is 0.746. The lowest BCUT2D eigenvalue weighted by molar-refractivity contribution is 0.450. The van der Waals surface area contributed by atoms with Crippen molar-refractivity contribution in [1.29, 1.82) is 0 Å². The fourth-order valence-electron chi connectivity index (χ4n) is 1.80. The molecule has 1 heterocycles. The Morgan fingerprint density at radius 2 is 1.89 bits per heavy atom. The van der Waals surface area contributed by atoms with Gasteiger partial charge in [0.1, 0.15) is 11.5 Å². The molecule has 6 heteroatoms. The van der Waals surface area contributed by atoms with Crippen LogP contribution < -0.4 is 0 Å². The van der Waals surface area contributed by atoms with Gasteiger partial charge in [0.25, 0.3) is 0 Å². The number of H-pyrrole nitrogens is 1. The first-order valence-corrected chi connectivity index (χ1v) is 6.07. The molecule has 0 aliphatic carbocycles. The summed E-state index contributed by atoms with van der Waals surface area (Å²) in [7, 11) is 0. The van der Waals surface area contributed by atoms with Crippen molar-refractivity contribution in [1.82, 2.24) is 14.8 Å². The Bertz CT molecular complexity index is 596. The largest absolute Gasteiger partial charge is 0.508 e. The van der Waals surface area contributed by atoms with E-state index < -0.39 is 0 Å². The highest BCUT2D eigenvalue weighted by molar-refractivity contribution is 7.71. The second-order valence-corrected chi connectivity index (χ2v) is 4.98. The zero-order valence-corrected chi connectivity index (χ0v) is 11.0. The van der Waals surface area contributed by atoms with Crippen molar-refractivity contribution in [3.05, 3.63) is 23.0 Å². The standard InChI is InChI=1S/C12H15N3O2S/c1-7(2)6-15-11(13-14-12(15)18)8-3-9(16)5-10(17)4-8/h3-5,7,16-17H,6H2,1-2H3,(H,14,18). The molecule has 0 radical (unpaired) electrons. The molecule has 2 rings (SSSR count). The molecule has 0 bridgehead atoms. The van der Waals surface area contributed by atoms with Gasteiger partial charge in [0.2, 0.25) is 0 Å². The maximum atomic E-state index is 9.50. The number of phenols is 2. The van der Waals surface area contributed by atoms with E-state index in [-0.39, 0.29) is 11.5 Å². The molecule has 5 nitrogen and oxygen atoms in total. The highest BCUT2D eigenvalue weighted by Crippen LogP contribution is 2.27. The van der Waals surface area contributed by atoms with E-state index in [1.807, 2.05) is 4.57 Å². The summed E-state index contributed by atoms with van der Waals surface area (Å²) in [5.41, 5.74) is 0.625. The van der Waals surface area contributed by atoms with Crippen LogP contribution in [0.1, 0.15) is 13.8 Å². The van der Waals surface area contributed by atoms with Gasteiger partial charge >= 0.3 is 0 Å². The van der Waals surface area contributed by atoms with Gasteiger partial charge in [-0.3, -0.25) is 9.67 Å². The van der Waals surface area contributed by atoms with Gasteiger partial charge in [-0.05, 0) is 30.3 Å². The lowest BCUT2D eigenvalue weighted by Crippen LogP contribution is -2.06. The first-order valence-electron chi connectivity index (χ1n) is 5.66. The highest BCUT2D eigenvalue weighted by atomic mass is 32.1. The van der Waals surface area contributed by atoms with Crippen LogP contribution in [0.15, 0.2) is 18.2 Å². The smallest absolute Gasteiger partial charge is 0.195 e. The topological polar surface area (TPSA) is 74.1 Å². The molecule has 18 heavy (non-hydrogen) atoms. The Morgan fingerprint density at radius 1 is 1.28 bits per heavy atom. The van der Waals surface area contributed by atoms with Crippen LogP contribution in [-0.2, 0) is 6.54 Å². The molecule has 2 aromatic rings. The normalized spacial score (nSPS) is 11.1. The molecule has 96 valence electrons. The maximum absolute atomic E-state index is 9.50. The molecule has 0 aliphatic rings. The number of hydrogen-bond acceptors (Lipinski definition) is 4. The summed E-state index contributed by atoms with van der Waals surface area (Å²) < 4.78 is 2.38. The molecule has 0 saturated heterocycles. The molecule has 0 amide bonds. The molecule has 0 spiro atoms. The van der Waals surface area contributed by atoms with Crippen molar-refractivity contribution in [2.75, 3.05) is 0 Å². The summed E-state index contributed by atoms with van der Waals surface area (Å²) in [4.78, 5) is 0. The zero-order valence-electron chi connectivity index (χ0n) is 10.2. The number of hydrogen-bond donors (Lipinski definition) is 3. The van der Waals surface area contributed by atoms with Crippen molar-refractivity contribution in [3.63, 3.8) is 0 Å². The zero-order chi connectivity index (χ0) is 13.3. The molecule has 0 fully saturated rings. The first kappa shape index (κ1) is 12.6. The lowest BCUT2D eigenvalue weighted by Gasteiger charge is -2.09. The van der Waals surface area contributed by atoms with E-state index in [0.717, 1.165) is 6.54 Å². The van der Waals surface area contributed by atoms with Gasteiger partial charge in [-0.2, -0.15) is 5.10 Å². The Balaban J connectivity index is 2.53. The number of nitrogens with one attached hydrogen (secondary N) is 1. The number of nitrogens with zero attached hydrogens (tertiary/aromatic N) is 2. The van der Waals surface area contributed by atoms with Crippen molar-refractivity contribution in [2.24, 2.45) is 5.92 Å². The molecule has 1 aromatic heterocycles. The first-order chi connectivity index (χ1) is 8.47. The van der Waals surface area contributed by atoms with E-state index in [9.17, 15) is 10.2 Å². The monoisotopic (exact) mass is 265 g/mol. The Kier molecular flexibility index (Phi) is 3.38. The lowest BCUT2D eigenvalue weighted by atomic mass is 10.1. The van der Waals surface area contributed by atoms with Crippen LogP contribution in [0.4, 0.5) is 0 Å².